The molecule has 3 rings (SSSR count). The molecule has 0 radical (unpaired) electrons. The number of nitrogens with zero attached hydrogens (tertiary/aromatic N) is 2. The molecule has 20 heavy (non-hydrogen) atoms. The molecule has 2 aromatic carbocycles. The van der Waals surface area contributed by atoms with Gasteiger partial charge in [-0.15, -0.1) is 0 Å². The Kier molecular flexibility index (Phi) is 3.26. The van der Waals surface area contributed by atoms with Gasteiger partial charge in [-0.2, -0.15) is 4.98 Å². The van der Waals surface area contributed by atoms with Gasteiger partial charge in [-0.25, -0.2) is 9.37 Å². The molecule has 1 aromatic heterocycles. The maximum Gasteiger partial charge on any atom is 0.322 e. The van der Waals surface area contributed by atoms with Crippen molar-refractivity contribution in [2.75, 3.05) is 0 Å². The van der Waals surface area contributed by atoms with Gasteiger partial charge in [-0.05, 0) is 12.1 Å². The number of fused-ring (bicyclic) bond motifs is 1. The first-order valence-corrected chi connectivity index (χ1v) is 6.14. The minimum atomic E-state index is -0.397. The predicted octanol–water partition coefficient (Wildman–Crippen LogP) is 3.02. The summed E-state index contributed by atoms with van der Waals surface area (Å²) in [5.41, 5.74) is 6.63. The fourth-order valence-corrected chi connectivity index (χ4v) is 1.87. The van der Waals surface area contributed by atoms with Crippen molar-refractivity contribution in [3.8, 4) is 11.8 Å². The summed E-state index contributed by atoms with van der Waals surface area (Å²) < 4.78 is 19.1. The summed E-state index contributed by atoms with van der Waals surface area (Å²) in [6.07, 6.45) is 1.67. The number of hydrogen-bond acceptors (Lipinski definition) is 4. The van der Waals surface area contributed by atoms with Crippen LogP contribution in [0.4, 0.5) is 4.39 Å². The first-order chi connectivity index (χ1) is 9.76. The highest BCUT2D eigenvalue weighted by Crippen LogP contribution is 2.22. The summed E-state index contributed by atoms with van der Waals surface area (Å²) >= 11 is 0. The molecule has 100 valence electrons. The van der Waals surface area contributed by atoms with Gasteiger partial charge in [0.05, 0.1) is 5.52 Å². The molecule has 0 spiro atoms. The van der Waals surface area contributed by atoms with Crippen molar-refractivity contribution in [3.05, 3.63) is 60.0 Å². The number of rotatable bonds is 3. The molecule has 0 aliphatic carbocycles. The summed E-state index contributed by atoms with van der Waals surface area (Å²) in [6.45, 7) is 0.151. The van der Waals surface area contributed by atoms with Crippen LogP contribution in [0.5, 0.6) is 11.8 Å². The van der Waals surface area contributed by atoms with Crippen LogP contribution in [-0.2, 0) is 6.54 Å². The van der Waals surface area contributed by atoms with E-state index in [2.05, 4.69) is 9.97 Å². The Bertz CT molecular complexity index is 761. The van der Waals surface area contributed by atoms with Crippen LogP contribution in [0, 0.1) is 5.82 Å². The fraction of sp³-hybridized carbons (Fsp3) is 0.0667. The Morgan fingerprint density at radius 1 is 1.15 bits per heavy atom. The zero-order valence-corrected chi connectivity index (χ0v) is 10.6. The minimum absolute atomic E-state index is 0.151. The average molecular weight is 269 g/mol. The first-order valence-electron chi connectivity index (χ1n) is 6.14. The van der Waals surface area contributed by atoms with Gasteiger partial charge in [0.25, 0.3) is 0 Å². The lowest BCUT2D eigenvalue weighted by Crippen LogP contribution is -2.00. The normalized spacial score (nSPS) is 10.7. The molecule has 0 aliphatic rings. The summed E-state index contributed by atoms with van der Waals surface area (Å²) in [5.74, 6) is -0.0548. The lowest BCUT2D eigenvalue weighted by Gasteiger charge is -2.06. The van der Waals surface area contributed by atoms with E-state index in [1.807, 2.05) is 24.3 Å². The van der Waals surface area contributed by atoms with Crippen molar-refractivity contribution < 1.29 is 9.13 Å². The molecule has 0 fully saturated rings. The van der Waals surface area contributed by atoms with Crippen LogP contribution in [0.15, 0.2) is 48.7 Å². The monoisotopic (exact) mass is 269 g/mol. The third kappa shape index (κ3) is 2.44. The molecule has 0 aliphatic heterocycles. The summed E-state index contributed by atoms with van der Waals surface area (Å²) in [4.78, 5) is 8.36. The summed E-state index contributed by atoms with van der Waals surface area (Å²) in [7, 11) is 0. The second-order valence-corrected chi connectivity index (χ2v) is 4.27. The number of halogens is 1. The fourth-order valence-electron chi connectivity index (χ4n) is 1.87. The second kappa shape index (κ2) is 5.22. The van der Waals surface area contributed by atoms with E-state index in [4.69, 9.17) is 10.5 Å². The largest absolute Gasteiger partial charge is 0.424 e. The second-order valence-electron chi connectivity index (χ2n) is 4.27. The summed E-state index contributed by atoms with van der Waals surface area (Å²) in [5, 5.41) is 0.921. The quantitative estimate of drug-likeness (QED) is 0.794. The highest BCUT2D eigenvalue weighted by Gasteiger charge is 2.06. The van der Waals surface area contributed by atoms with Gasteiger partial charge < -0.3 is 10.5 Å². The van der Waals surface area contributed by atoms with Gasteiger partial charge in [-0.3, -0.25) is 0 Å². The third-order valence-electron chi connectivity index (χ3n) is 2.92. The first kappa shape index (κ1) is 12.5. The molecule has 2 N–H and O–H groups in total. The lowest BCUT2D eigenvalue weighted by molar-refractivity contribution is 0.439. The molecule has 1 heterocycles. The van der Waals surface area contributed by atoms with Crippen molar-refractivity contribution in [1.29, 1.82) is 0 Å². The molecule has 4 nitrogen and oxygen atoms in total. The zero-order chi connectivity index (χ0) is 13.9. The van der Waals surface area contributed by atoms with E-state index in [1.54, 1.807) is 18.3 Å². The molecule has 0 atom stereocenters. The number of hydrogen-bond donors (Lipinski definition) is 1. The summed E-state index contributed by atoms with van der Waals surface area (Å²) in [6, 6.07) is 12.3. The Morgan fingerprint density at radius 3 is 2.80 bits per heavy atom. The van der Waals surface area contributed by atoms with Gasteiger partial charge in [0.15, 0.2) is 0 Å². The van der Waals surface area contributed by atoms with Crippen LogP contribution < -0.4 is 10.5 Å². The number of aromatic nitrogens is 2. The number of para-hydroxylation sites is 1. The molecular formula is C15H12FN3O. The van der Waals surface area contributed by atoms with Crippen LogP contribution in [0.1, 0.15) is 5.56 Å². The maximum absolute atomic E-state index is 13.6. The molecule has 0 bridgehead atoms. The molecule has 3 aromatic rings. The van der Waals surface area contributed by atoms with E-state index in [1.165, 1.54) is 6.07 Å². The van der Waals surface area contributed by atoms with Gasteiger partial charge in [0.2, 0.25) is 0 Å². The lowest BCUT2D eigenvalue weighted by atomic mass is 10.2. The van der Waals surface area contributed by atoms with E-state index in [-0.39, 0.29) is 12.6 Å². The Balaban J connectivity index is 1.90. The topological polar surface area (TPSA) is 61.0 Å². The predicted molar refractivity (Wildman–Crippen MR) is 73.9 cm³/mol. The minimum Gasteiger partial charge on any atom is -0.424 e. The Morgan fingerprint density at radius 2 is 2.00 bits per heavy atom. The van der Waals surface area contributed by atoms with E-state index in [9.17, 15) is 4.39 Å². The van der Waals surface area contributed by atoms with Crippen molar-refractivity contribution >= 4 is 10.9 Å². The third-order valence-corrected chi connectivity index (χ3v) is 2.92. The van der Waals surface area contributed by atoms with Crippen LogP contribution in [0.2, 0.25) is 0 Å². The average Bonchev–Trinajstić information content (AvgIpc) is 2.47. The van der Waals surface area contributed by atoms with Gasteiger partial charge in [0, 0.05) is 29.8 Å². The number of nitrogens with two attached hydrogens (primary N) is 1. The molecule has 0 amide bonds. The van der Waals surface area contributed by atoms with Gasteiger partial charge >= 0.3 is 6.01 Å². The van der Waals surface area contributed by atoms with Gasteiger partial charge in [-0.1, -0.05) is 24.3 Å². The molecule has 5 heteroatoms. The SMILES string of the molecule is NCc1ccc(Oc2ncc3ccccc3n2)cc1F. The van der Waals surface area contributed by atoms with E-state index >= 15 is 0 Å². The van der Waals surface area contributed by atoms with Crippen LogP contribution in [0.3, 0.4) is 0 Å². The zero-order valence-electron chi connectivity index (χ0n) is 10.6. The van der Waals surface area contributed by atoms with Gasteiger partial charge in [0.1, 0.15) is 11.6 Å². The standard InChI is InChI=1S/C15H12FN3O/c16-13-7-12(6-5-10(13)8-17)20-15-18-9-11-3-1-2-4-14(11)19-15/h1-7,9H,8,17H2. The smallest absolute Gasteiger partial charge is 0.322 e. The van der Waals surface area contributed by atoms with Crippen molar-refractivity contribution in [2.45, 2.75) is 6.54 Å². The van der Waals surface area contributed by atoms with Crippen molar-refractivity contribution in [1.82, 2.24) is 9.97 Å². The van der Waals surface area contributed by atoms with Crippen LogP contribution >= 0.6 is 0 Å². The van der Waals surface area contributed by atoms with Crippen molar-refractivity contribution in [3.63, 3.8) is 0 Å². The molecular weight excluding hydrogens is 257 g/mol. The Hall–Kier alpha value is -2.53. The van der Waals surface area contributed by atoms with E-state index in [0.29, 0.717) is 11.3 Å². The Labute approximate surface area is 115 Å². The van der Waals surface area contributed by atoms with Crippen molar-refractivity contribution in [2.24, 2.45) is 5.73 Å². The maximum atomic E-state index is 13.6. The van der Waals surface area contributed by atoms with E-state index in [0.717, 1.165) is 10.9 Å². The molecule has 0 saturated heterocycles. The van der Waals surface area contributed by atoms with Crippen LogP contribution in [-0.4, -0.2) is 9.97 Å². The highest BCUT2D eigenvalue weighted by molar-refractivity contribution is 5.77. The molecule has 0 saturated carbocycles. The number of benzene rings is 2. The highest BCUT2D eigenvalue weighted by atomic mass is 19.1. The number of ether oxygens (including phenoxy) is 1. The van der Waals surface area contributed by atoms with E-state index < -0.39 is 5.82 Å². The molecule has 0 unspecified atom stereocenters. The van der Waals surface area contributed by atoms with Crippen LogP contribution in [0.25, 0.3) is 10.9 Å².